The Labute approximate surface area is 87.8 Å². The van der Waals surface area contributed by atoms with Crippen LogP contribution in [-0.2, 0) is 0 Å². The van der Waals surface area contributed by atoms with Crippen molar-refractivity contribution in [1.29, 1.82) is 0 Å². The monoisotopic (exact) mass is 205 g/mol. The second-order valence-corrected chi connectivity index (χ2v) is 3.73. The molecule has 0 radical (unpaired) electrons. The molecule has 0 atom stereocenters. The van der Waals surface area contributed by atoms with E-state index in [4.69, 9.17) is 4.42 Å². The Hall–Kier alpha value is -1.64. The lowest BCUT2D eigenvalue weighted by molar-refractivity contribution is 0.572. The highest BCUT2D eigenvalue weighted by Crippen LogP contribution is 2.25. The summed E-state index contributed by atoms with van der Waals surface area (Å²) in [7, 11) is 0. The molecule has 1 aromatic heterocycles. The first-order chi connectivity index (χ1) is 7.18. The summed E-state index contributed by atoms with van der Waals surface area (Å²) in [4.78, 5) is 4.03. The van der Waals surface area contributed by atoms with E-state index in [1.54, 1.807) is 18.3 Å². The van der Waals surface area contributed by atoms with Crippen LogP contribution in [0.3, 0.4) is 0 Å². The molecule has 78 valence electrons. The predicted molar refractivity (Wildman–Crippen MR) is 56.0 cm³/mol. The maximum Gasteiger partial charge on any atom is 0.225 e. The van der Waals surface area contributed by atoms with Gasteiger partial charge in [0, 0.05) is 5.56 Å². The molecule has 2 nitrogen and oxygen atoms in total. The number of hydrogen-bond donors (Lipinski definition) is 0. The summed E-state index contributed by atoms with van der Waals surface area (Å²) in [5.74, 6) is 0.497. The van der Waals surface area contributed by atoms with Crippen molar-refractivity contribution in [2.75, 3.05) is 0 Å². The molecule has 2 aromatic rings. The molecule has 0 aliphatic carbocycles. The molecule has 2 rings (SSSR count). The van der Waals surface area contributed by atoms with E-state index in [2.05, 4.69) is 4.98 Å². The van der Waals surface area contributed by atoms with Crippen LogP contribution in [0, 0.1) is 5.82 Å². The minimum atomic E-state index is -0.180. The highest BCUT2D eigenvalue weighted by atomic mass is 19.1. The van der Waals surface area contributed by atoms with Crippen molar-refractivity contribution in [3.8, 4) is 11.5 Å². The second kappa shape index (κ2) is 3.85. The van der Waals surface area contributed by atoms with E-state index in [9.17, 15) is 4.39 Å². The number of halogens is 1. The van der Waals surface area contributed by atoms with Gasteiger partial charge in [0.2, 0.25) is 5.89 Å². The summed E-state index contributed by atoms with van der Waals surface area (Å²) >= 11 is 0. The van der Waals surface area contributed by atoms with E-state index in [1.807, 2.05) is 13.8 Å². The lowest BCUT2D eigenvalue weighted by atomic mass is 10.0. The number of rotatable bonds is 2. The lowest BCUT2D eigenvalue weighted by Crippen LogP contribution is -1.93. The molecule has 0 bridgehead atoms. The van der Waals surface area contributed by atoms with Crippen molar-refractivity contribution in [2.45, 2.75) is 19.8 Å². The molecule has 15 heavy (non-hydrogen) atoms. The third-order valence-corrected chi connectivity index (χ3v) is 2.30. The Morgan fingerprint density at radius 1 is 1.33 bits per heavy atom. The summed E-state index contributed by atoms with van der Waals surface area (Å²) < 4.78 is 18.6. The molecule has 1 heterocycles. The molecule has 0 unspecified atom stereocenters. The molecule has 0 amide bonds. The Kier molecular flexibility index (Phi) is 2.54. The van der Waals surface area contributed by atoms with Gasteiger partial charge in [-0.25, -0.2) is 9.37 Å². The Morgan fingerprint density at radius 3 is 2.73 bits per heavy atom. The minimum absolute atomic E-state index is 0.153. The summed E-state index contributed by atoms with van der Waals surface area (Å²) in [5.41, 5.74) is 1.50. The third-order valence-electron chi connectivity index (χ3n) is 2.30. The van der Waals surface area contributed by atoms with E-state index in [-0.39, 0.29) is 11.7 Å². The van der Waals surface area contributed by atoms with Gasteiger partial charge in [0.05, 0.1) is 6.20 Å². The van der Waals surface area contributed by atoms with Crippen LogP contribution in [0.15, 0.2) is 35.1 Å². The molecule has 0 spiro atoms. The molecule has 0 saturated carbocycles. The normalized spacial score (nSPS) is 10.9. The highest BCUT2D eigenvalue weighted by Gasteiger charge is 2.10. The second-order valence-electron chi connectivity index (χ2n) is 3.73. The first-order valence-electron chi connectivity index (χ1n) is 4.88. The molecule has 0 fully saturated rings. The average Bonchev–Trinajstić information content (AvgIpc) is 2.71. The van der Waals surface area contributed by atoms with Crippen molar-refractivity contribution in [1.82, 2.24) is 4.98 Å². The zero-order chi connectivity index (χ0) is 10.8. The predicted octanol–water partition coefficient (Wildman–Crippen LogP) is 3.60. The van der Waals surface area contributed by atoms with E-state index in [0.29, 0.717) is 11.5 Å². The van der Waals surface area contributed by atoms with Crippen molar-refractivity contribution >= 4 is 0 Å². The SMILES string of the molecule is CC(C)c1cc(-c2ncco2)ccc1F. The first kappa shape index (κ1) is 9.90. The zero-order valence-corrected chi connectivity index (χ0v) is 8.70. The first-order valence-corrected chi connectivity index (χ1v) is 4.88. The van der Waals surface area contributed by atoms with Crippen LogP contribution in [0.2, 0.25) is 0 Å². The van der Waals surface area contributed by atoms with Crippen molar-refractivity contribution < 1.29 is 8.81 Å². The molecule has 0 aliphatic heterocycles. The fraction of sp³-hybridized carbons (Fsp3) is 0.250. The standard InChI is InChI=1S/C12H12FNO/c1-8(2)10-7-9(3-4-11(10)13)12-14-5-6-15-12/h3-8H,1-2H3. The van der Waals surface area contributed by atoms with Gasteiger partial charge >= 0.3 is 0 Å². The third kappa shape index (κ3) is 1.91. The topological polar surface area (TPSA) is 26.0 Å². The van der Waals surface area contributed by atoms with Gasteiger partial charge in [-0.05, 0) is 29.7 Å². The maximum atomic E-state index is 13.4. The molecule has 1 aromatic carbocycles. The van der Waals surface area contributed by atoms with Crippen LogP contribution in [-0.4, -0.2) is 4.98 Å². The quantitative estimate of drug-likeness (QED) is 0.748. The van der Waals surface area contributed by atoms with Crippen LogP contribution in [0.5, 0.6) is 0 Å². The Morgan fingerprint density at radius 2 is 2.13 bits per heavy atom. The van der Waals surface area contributed by atoms with Gasteiger partial charge < -0.3 is 4.42 Å². The highest BCUT2D eigenvalue weighted by molar-refractivity contribution is 5.54. The summed E-state index contributed by atoms with van der Waals surface area (Å²) in [6.07, 6.45) is 3.08. The fourth-order valence-corrected chi connectivity index (χ4v) is 1.49. The van der Waals surface area contributed by atoms with Crippen LogP contribution < -0.4 is 0 Å². The number of oxazole rings is 1. The van der Waals surface area contributed by atoms with Gasteiger partial charge in [-0.3, -0.25) is 0 Å². The van der Waals surface area contributed by atoms with E-state index in [0.717, 1.165) is 5.56 Å². The van der Waals surface area contributed by atoms with Gasteiger partial charge in [-0.2, -0.15) is 0 Å². The fourth-order valence-electron chi connectivity index (χ4n) is 1.49. The van der Waals surface area contributed by atoms with Crippen molar-refractivity contribution in [3.63, 3.8) is 0 Å². The largest absolute Gasteiger partial charge is 0.445 e. The number of nitrogens with zero attached hydrogens (tertiary/aromatic N) is 1. The summed E-state index contributed by atoms with van der Waals surface area (Å²) in [5, 5.41) is 0. The number of benzene rings is 1. The van der Waals surface area contributed by atoms with Crippen LogP contribution >= 0.6 is 0 Å². The van der Waals surface area contributed by atoms with Gasteiger partial charge in [-0.15, -0.1) is 0 Å². The zero-order valence-electron chi connectivity index (χ0n) is 8.70. The van der Waals surface area contributed by atoms with Gasteiger partial charge in [0.15, 0.2) is 0 Å². The van der Waals surface area contributed by atoms with Crippen LogP contribution in [0.25, 0.3) is 11.5 Å². The molecule has 3 heteroatoms. The average molecular weight is 205 g/mol. The Balaban J connectivity index is 2.48. The van der Waals surface area contributed by atoms with Crippen LogP contribution in [0.4, 0.5) is 4.39 Å². The van der Waals surface area contributed by atoms with Crippen molar-refractivity contribution in [3.05, 3.63) is 42.0 Å². The molecular weight excluding hydrogens is 193 g/mol. The number of aromatic nitrogens is 1. The summed E-state index contributed by atoms with van der Waals surface area (Å²) in [6, 6.07) is 4.91. The maximum absolute atomic E-state index is 13.4. The van der Waals surface area contributed by atoms with E-state index < -0.39 is 0 Å². The van der Waals surface area contributed by atoms with E-state index in [1.165, 1.54) is 12.3 Å². The minimum Gasteiger partial charge on any atom is -0.445 e. The van der Waals surface area contributed by atoms with Gasteiger partial charge in [0.1, 0.15) is 12.1 Å². The summed E-state index contributed by atoms with van der Waals surface area (Å²) in [6.45, 7) is 3.91. The lowest BCUT2D eigenvalue weighted by Gasteiger charge is -2.07. The van der Waals surface area contributed by atoms with Gasteiger partial charge in [0.25, 0.3) is 0 Å². The number of hydrogen-bond acceptors (Lipinski definition) is 2. The molecule has 0 aliphatic rings. The molecule has 0 saturated heterocycles. The smallest absolute Gasteiger partial charge is 0.225 e. The molecule has 0 N–H and O–H groups in total. The van der Waals surface area contributed by atoms with Crippen LogP contribution in [0.1, 0.15) is 25.3 Å². The van der Waals surface area contributed by atoms with E-state index >= 15 is 0 Å². The van der Waals surface area contributed by atoms with Gasteiger partial charge in [-0.1, -0.05) is 13.8 Å². The van der Waals surface area contributed by atoms with Crippen molar-refractivity contribution in [2.24, 2.45) is 0 Å². The Bertz CT molecular complexity index is 449. The molecular formula is C12H12FNO.